The van der Waals surface area contributed by atoms with E-state index in [1.165, 1.54) is 5.56 Å². The molecular weight excluding hydrogens is 286 g/mol. The second-order valence-electron chi connectivity index (χ2n) is 5.47. The van der Waals surface area contributed by atoms with E-state index in [-0.39, 0.29) is 18.4 Å². The Hall–Kier alpha value is -2.73. The third-order valence-corrected chi connectivity index (χ3v) is 3.68. The number of nitrogens with zero attached hydrogens (tertiary/aromatic N) is 1. The van der Waals surface area contributed by atoms with Gasteiger partial charge in [-0.05, 0) is 36.2 Å². The van der Waals surface area contributed by atoms with Gasteiger partial charge in [0.05, 0.1) is 0 Å². The number of rotatable bonds is 6. The smallest absolute Gasteiger partial charge is 0.229 e. The highest BCUT2D eigenvalue weighted by atomic mass is 16.5. The molecule has 0 saturated heterocycles. The molecule has 0 spiro atoms. The fourth-order valence-corrected chi connectivity index (χ4v) is 2.40. The number of anilines is 1. The van der Waals surface area contributed by atoms with E-state index in [1.54, 1.807) is 11.9 Å². The number of hydrogen-bond acceptors (Lipinski definition) is 2. The van der Waals surface area contributed by atoms with Crippen molar-refractivity contribution < 1.29 is 9.53 Å². The Morgan fingerprint density at radius 1 is 1.17 bits per heavy atom. The number of terminal acetylenes is 1. The number of ether oxygens (including phenoxy) is 1. The Morgan fingerprint density at radius 2 is 1.83 bits per heavy atom. The lowest BCUT2D eigenvalue weighted by Gasteiger charge is -2.22. The van der Waals surface area contributed by atoms with Crippen molar-refractivity contribution in [3.8, 4) is 18.1 Å². The quantitative estimate of drug-likeness (QED) is 0.764. The average Bonchev–Trinajstić information content (AvgIpc) is 2.60. The zero-order valence-electron chi connectivity index (χ0n) is 13.5. The Kier molecular flexibility index (Phi) is 5.82. The first-order valence-corrected chi connectivity index (χ1v) is 7.59. The van der Waals surface area contributed by atoms with Crippen molar-refractivity contribution in [1.29, 1.82) is 0 Å². The molecule has 0 aromatic heterocycles. The summed E-state index contributed by atoms with van der Waals surface area (Å²) in [6, 6.07) is 17.4. The first kappa shape index (κ1) is 16.6. The van der Waals surface area contributed by atoms with Gasteiger partial charge in [0.15, 0.2) is 0 Å². The summed E-state index contributed by atoms with van der Waals surface area (Å²) in [7, 11) is 1.79. The fraction of sp³-hybridized carbons (Fsp3) is 0.250. The summed E-state index contributed by atoms with van der Waals surface area (Å²) in [5.74, 6) is 3.13. The lowest BCUT2D eigenvalue weighted by atomic mass is 10.00. The molecule has 0 aliphatic carbocycles. The predicted octanol–water partition coefficient (Wildman–Crippen LogP) is 3.54. The average molecular weight is 307 g/mol. The van der Waals surface area contributed by atoms with Crippen LogP contribution in [0, 0.1) is 18.3 Å². The number of hydrogen-bond donors (Lipinski definition) is 0. The molecule has 1 atom stereocenters. The molecule has 23 heavy (non-hydrogen) atoms. The molecule has 0 aliphatic rings. The minimum Gasteiger partial charge on any atom is -0.481 e. The number of benzene rings is 2. The first-order valence-electron chi connectivity index (χ1n) is 7.59. The molecule has 0 saturated carbocycles. The molecule has 118 valence electrons. The lowest BCUT2D eigenvalue weighted by Crippen LogP contribution is -2.32. The van der Waals surface area contributed by atoms with Crippen molar-refractivity contribution in [2.24, 2.45) is 5.92 Å². The zero-order chi connectivity index (χ0) is 16.7. The van der Waals surface area contributed by atoms with Crippen LogP contribution in [0.1, 0.15) is 12.5 Å². The van der Waals surface area contributed by atoms with Crippen LogP contribution < -0.4 is 9.64 Å². The van der Waals surface area contributed by atoms with Gasteiger partial charge in [-0.15, -0.1) is 6.42 Å². The molecule has 0 aliphatic heterocycles. The highest BCUT2D eigenvalue weighted by Gasteiger charge is 2.19. The molecule has 2 rings (SSSR count). The molecule has 0 fully saturated rings. The van der Waals surface area contributed by atoms with Gasteiger partial charge in [0.1, 0.15) is 12.4 Å². The van der Waals surface area contributed by atoms with Gasteiger partial charge >= 0.3 is 0 Å². The molecule has 0 heterocycles. The van der Waals surface area contributed by atoms with Crippen molar-refractivity contribution in [2.75, 3.05) is 18.6 Å². The minimum absolute atomic E-state index is 0.0835. The summed E-state index contributed by atoms with van der Waals surface area (Å²) in [6.07, 6.45) is 5.89. The third-order valence-electron chi connectivity index (χ3n) is 3.68. The molecule has 0 radical (unpaired) electrons. The van der Waals surface area contributed by atoms with E-state index in [9.17, 15) is 4.79 Å². The SMILES string of the molecule is C#CCOc1ccc(N(C)C(=O)C(C)Cc2ccccc2)cc1. The molecule has 3 heteroatoms. The van der Waals surface area contributed by atoms with Gasteiger partial charge in [0.2, 0.25) is 5.91 Å². The van der Waals surface area contributed by atoms with Gasteiger partial charge in [-0.3, -0.25) is 4.79 Å². The van der Waals surface area contributed by atoms with Crippen LogP contribution in [-0.4, -0.2) is 19.6 Å². The van der Waals surface area contributed by atoms with E-state index in [1.807, 2.05) is 61.5 Å². The summed E-state index contributed by atoms with van der Waals surface area (Å²) in [5.41, 5.74) is 2.00. The summed E-state index contributed by atoms with van der Waals surface area (Å²) in [5, 5.41) is 0. The van der Waals surface area contributed by atoms with Gasteiger partial charge in [-0.25, -0.2) is 0 Å². The Bertz CT molecular complexity index is 671. The van der Waals surface area contributed by atoms with E-state index >= 15 is 0 Å². The molecule has 1 amide bonds. The summed E-state index contributed by atoms with van der Waals surface area (Å²) < 4.78 is 5.34. The van der Waals surface area contributed by atoms with Crippen LogP contribution in [-0.2, 0) is 11.2 Å². The summed E-state index contributed by atoms with van der Waals surface area (Å²) in [4.78, 5) is 14.3. The molecule has 0 bridgehead atoms. The standard InChI is InChI=1S/C20H21NO2/c1-4-14-23-19-12-10-18(11-13-19)21(3)20(22)16(2)15-17-8-6-5-7-9-17/h1,5-13,16H,14-15H2,2-3H3. The topological polar surface area (TPSA) is 29.5 Å². The van der Waals surface area contributed by atoms with Gasteiger partial charge in [-0.2, -0.15) is 0 Å². The van der Waals surface area contributed by atoms with Crippen molar-refractivity contribution in [3.63, 3.8) is 0 Å². The van der Waals surface area contributed by atoms with Crippen molar-refractivity contribution in [2.45, 2.75) is 13.3 Å². The second kappa shape index (κ2) is 8.05. The Morgan fingerprint density at radius 3 is 2.43 bits per heavy atom. The maximum Gasteiger partial charge on any atom is 0.229 e. The number of amides is 1. The monoisotopic (exact) mass is 307 g/mol. The number of carbonyl (C=O) groups excluding carboxylic acids is 1. The summed E-state index contributed by atoms with van der Waals surface area (Å²) >= 11 is 0. The van der Waals surface area contributed by atoms with Gasteiger partial charge in [0.25, 0.3) is 0 Å². The lowest BCUT2D eigenvalue weighted by molar-refractivity contribution is -0.121. The second-order valence-corrected chi connectivity index (χ2v) is 5.47. The minimum atomic E-state index is -0.0835. The first-order chi connectivity index (χ1) is 11.1. The van der Waals surface area contributed by atoms with Crippen molar-refractivity contribution >= 4 is 11.6 Å². The van der Waals surface area contributed by atoms with Gasteiger partial charge < -0.3 is 9.64 Å². The van der Waals surface area contributed by atoms with E-state index in [0.717, 1.165) is 12.1 Å². The van der Waals surface area contributed by atoms with Crippen LogP contribution in [0.2, 0.25) is 0 Å². The van der Waals surface area contributed by atoms with E-state index in [4.69, 9.17) is 11.2 Å². The highest BCUT2D eigenvalue weighted by molar-refractivity contribution is 5.94. The maximum atomic E-state index is 12.6. The van der Waals surface area contributed by atoms with Gasteiger partial charge in [-0.1, -0.05) is 43.2 Å². The largest absolute Gasteiger partial charge is 0.481 e. The molecule has 3 nitrogen and oxygen atoms in total. The Labute approximate surface area is 137 Å². The third kappa shape index (κ3) is 4.62. The van der Waals surface area contributed by atoms with Crippen LogP contribution in [0.25, 0.3) is 0 Å². The van der Waals surface area contributed by atoms with E-state index in [0.29, 0.717) is 5.75 Å². The van der Waals surface area contributed by atoms with E-state index < -0.39 is 0 Å². The Balaban J connectivity index is 1.99. The molecule has 2 aromatic carbocycles. The number of carbonyl (C=O) groups is 1. The zero-order valence-corrected chi connectivity index (χ0v) is 13.5. The highest BCUT2D eigenvalue weighted by Crippen LogP contribution is 2.21. The van der Waals surface area contributed by atoms with Crippen LogP contribution in [0.5, 0.6) is 5.75 Å². The maximum absolute atomic E-state index is 12.6. The van der Waals surface area contributed by atoms with Crippen LogP contribution in [0.3, 0.4) is 0 Å². The molecular formula is C20H21NO2. The van der Waals surface area contributed by atoms with E-state index in [2.05, 4.69) is 5.92 Å². The van der Waals surface area contributed by atoms with Crippen molar-refractivity contribution in [3.05, 3.63) is 60.2 Å². The van der Waals surface area contributed by atoms with Crippen LogP contribution >= 0.6 is 0 Å². The predicted molar refractivity (Wildman–Crippen MR) is 93.5 cm³/mol. The van der Waals surface area contributed by atoms with Crippen molar-refractivity contribution in [1.82, 2.24) is 0 Å². The van der Waals surface area contributed by atoms with Crippen LogP contribution in [0.15, 0.2) is 54.6 Å². The van der Waals surface area contributed by atoms with Gasteiger partial charge in [0, 0.05) is 18.7 Å². The molecule has 0 N–H and O–H groups in total. The van der Waals surface area contributed by atoms with Crippen LogP contribution in [0.4, 0.5) is 5.69 Å². The molecule has 2 aromatic rings. The fourth-order valence-electron chi connectivity index (χ4n) is 2.40. The summed E-state index contributed by atoms with van der Waals surface area (Å²) in [6.45, 7) is 2.19. The normalized spacial score (nSPS) is 11.3. The molecule has 1 unspecified atom stereocenters.